The van der Waals surface area contributed by atoms with Gasteiger partial charge in [-0.3, -0.25) is 4.90 Å². The van der Waals surface area contributed by atoms with E-state index in [1.54, 1.807) is 0 Å². The van der Waals surface area contributed by atoms with Gasteiger partial charge in [-0.05, 0) is 5.92 Å². The summed E-state index contributed by atoms with van der Waals surface area (Å²) in [6.45, 7) is 6.12. The molecule has 2 atom stereocenters. The molecule has 6 nitrogen and oxygen atoms in total. The van der Waals surface area contributed by atoms with Gasteiger partial charge in [0.05, 0.1) is 23.5 Å². The molecule has 1 fully saturated rings. The monoisotopic (exact) mass is 393 g/mol. The minimum Gasteiger partial charge on any atom is -0.447 e. The number of carbonyl (C=O) groups is 1. The number of halogens is 1. The summed E-state index contributed by atoms with van der Waals surface area (Å²) in [7, 11) is 0. The summed E-state index contributed by atoms with van der Waals surface area (Å²) in [5, 5.41) is 0. The van der Waals surface area contributed by atoms with Crippen LogP contribution in [0.5, 0.6) is 0 Å². The lowest BCUT2D eigenvalue weighted by Crippen LogP contribution is -2.50. The molecule has 3 aliphatic rings. The lowest BCUT2D eigenvalue weighted by molar-refractivity contribution is -0.0837. The second kappa shape index (κ2) is 5.97. The van der Waals surface area contributed by atoms with Gasteiger partial charge in [0.15, 0.2) is 0 Å². The molecule has 0 aromatic heterocycles. The average molecular weight is 393 g/mol. The Kier molecular flexibility index (Phi) is 4.25. The molecule has 0 bridgehead atoms. The zero-order chi connectivity index (χ0) is 14.1. The lowest BCUT2D eigenvalue weighted by atomic mass is 9.94. The zero-order valence-corrected chi connectivity index (χ0v) is 13.9. The third-order valence-electron chi connectivity index (χ3n) is 3.87. The van der Waals surface area contributed by atoms with Crippen LogP contribution in [0.4, 0.5) is 4.79 Å². The summed E-state index contributed by atoms with van der Waals surface area (Å²) >= 11 is -0.313. The molecule has 1 N–H and O–H groups in total. The summed E-state index contributed by atoms with van der Waals surface area (Å²) in [6, 6.07) is 0.0690. The van der Waals surface area contributed by atoms with Crippen LogP contribution in [0.25, 0.3) is 0 Å². The van der Waals surface area contributed by atoms with Crippen LogP contribution in [-0.2, 0) is 9.47 Å². The molecule has 3 rings (SSSR count). The van der Waals surface area contributed by atoms with Gasteiger partial charge in [0.2, 0.25) is 0 Å². The predicted molar refractivity (Wildman–Crippen MR) is 82.3 cm³/mol. The predicted octanol–water partition coefficient (Wildman–Crippen LogP) is 2.53. The van der Waals surface area contributed by atoms with Crippen molar-refractivity contribution in [3.8, 4) is 0 Å². The molecule has 0 aliphatic carbocycles. The van der Waals surface area contributed by atoms with E-state index < -0.39 is 0 Å². The third kappa shape index (κ3) is 2.69. The molecule has 3 aliphatic heterocycles. The largest absolute Gasteiger partial charge is 0.447 e. The summed E-state index contributed by atoms with van der Waals surface area (Å²) in [5.41, 5.74) is 2.32. The normalized spacial score (nSPS) is 28.6. The SMILES string of the molecule is CC(C)C1C2=C(CCN1C(=O)OCC1CCO1)N=IN2. The number of hydrogen-bond acceptors (Lipinski definition) is 5. The standard InChI is InChI=1S/C13H20IN3O3/c1-8(2)12-11-10(15-14-16-11)3-5-17(12)13(18)20-7-9-4-6-19-9/h8-9,12H,3-7H2,1-2H3,(H,15,16). The Morgan fingerprint density at radius 3 is 3.10 bits per heavy atom. The molecular weight excluding hydrogens is 373 g/mol. The third-order valence-corrected chi connectivity index (χ3v) is 5.52. The van der Waals surface area contributed by atoms with Crippen LogP contribution >= 0.6 is 21.3 Å². The van der Waals surface area contributed by atoms with Crippen LogP contribution < -0.4 is 3.53 Å². The van der Waals surface area contributed by atoms with E-state index in [1.165, 1.54) is 5.70 Å². The smallest absolute Gasteiger partial charge is 0.410 e. The highest BCUT2D eigenvalue weighted by atomic mass is 127. The zero-order valence-electron chi connectivity index (χ0n) is 11.8. The van der Waals surface area contributed by atoms with E-state index in [-0.39, 0.29) is 39.5 Å². The first kappa shape index (κ1) is 14.2. The van der Waals surface area contributed by atoms with Gasteiger partial charge in [-0.25, -0.2) is 7.94 Å². The van der Waals surface area contributed by atoms with Crippen molar-refractivity contribution in [3.63, 3.8) is 0 Å². The molecule has 7 heteroatoms. The van der Waals surface area contributed by atoms with Crippen molar-refractivity contribution < 1.29 is 14.3 Å². The molecule has 20 heavy (non-hydrogen) atoms. The molecule has 112 valence electrons. The highest BCUT2D eigenvalue weighted by Crippen LogP contribution is 2.34. The number of nitrogens with one attached hydrogen (secondary N) is 1. The van der Waals surface area contributed by atoms with Gasteiger partial charge >= 0.3 is 6.09 Å². The Morgan fingerprint density at radius 1 is 1.65 bits per heavy atom. The van der Waals surface area contributed by atoms with Crippen molar-refractivity contribution in [2.45, 2.75) is 38.8 Å². The molecule has 0 saturated carbocycles. The molecule has 3 heterocycles. The summed E-state index contributed by atoms with van der Waals surface area (Å²) in [5.74, 6) is 0.345. The van der Waals surface area contributed by atoms with Gasteiger partial charge in [0.1, 0.15) is 27.9 Å². The number of nitrogens with zero attached hydrogens (tertiary/aromatic N) is 2. The van der Waals surface area contributed by atoms with Crippen LogP contribution in [0.3, 0.4) is 0 Å². The fourth-order valence-electron chi connectivity index (χ4n) is 2.70. The Labute approximate surface area is 129 Å². The van der Waals surface area contributed by atoms with Crippen LogP contribution in [0.2, 0.25) is 0 Å². The Bertz CT molecular complexity index is 460. The minimum atomic E-state index is -0.313. The maximum absolute atomic E-state index is 12.3. The van der Waals surface area contributed by atoms with Crippen LogP contribution in [0.15, 0.2) is 14.5 Å². The van der Waals surface area contributed by atoms with Crippen LogP contribution in [0, 0.1) is 5.92 Å². The van der Waals surface area contributed by atoms with E-state index in [2.05, 4.69) is 20.5 Å². The van der Waals surface area contributed by atoms with Crippen molar-refractivity contribution in [1.29, 1.82) is 0 Å². The first-order valence-corrected chi connectivity index (χ1v) is 9.09. The number of ether oxygens (including phenoxy) is 2. The van der Waals surface area contributed by atoms with E-state index in [4.69, 9.17) is 9.47 Å². The van der Waals surface area contributed by atoms with E-state index in [1.807, 2.05) is 4.90 Å². The van der Waals surface area contributed by atoms with Crippen LogP contribution in [-0.4, -0.2) is 42.9 Å². The number of carbonyl (C=O) groups excluding carboxylic acids is 1. The Balaban J connectivity index is 1.66. The fourth-order valence-corrected chi connectivity index (χ4v) is 4.51. The topological polar surface area (TPSA) is 63.2 Å². The molecule has 0 radical (unpaired) electrons. The second-order valence-electron chi connectivity index (χ2n) is 5.61. The maximum atomic E-state index is 12.3. The Hall–Kier alpha value is -0.700. The van der Waals surface area contributed by atoms with E-state index in [0.717, 1.165) is 25.1 Å². The van der Waals surface area contributed by atoms with Gasteiger partial charge in [0, 0.05) is 26.0 Å². The van der Waals surface area contributed by atoms with Crippen LogP contribution in [0.1, 0.15) is 26.7 Å². The highest BCUT2D eigenvalue weighted by molar-refractivity contribution is 14.1. The molecule has 0 spiro atoms. The maximum Gasteiger partial charge on any atom is 0.410 e. The quantitative estimate of drug-likeness (QED) is 0.592. The molecule has 0 aromatic rings. The van der Waals surface area contributed by atoms with E-state index in [0.29, 0.717) is 19.1 Å². The van der Waals surface area contributed by atoms with Gasteiger partial charge in [0.25, 0.3) is 0 Å². The fraction of sp³-hybridized carbons (Fsp3) is 0.769. The van der Waals surface area contributed by atoms with Crippen molar-refractivity contribution in [1.82, 2.24) is 8.43 Å². The number of amides is 1. The summed E-state index contributed by atoms with van der Waals surface area (Å²) in [4.78, 5) is 14.2. The molecule has 2 unspecified atom stereocenters. The van der Waals surface area contributed by atoms with Crippen molar-refractivity contribution in [2.75, 3.05) is 19.8 Å². The summed E-state index contributed by atoms with van der Waals surface area (Å²) < 4.78 is 18.7. The van der Waals surface area contributed by atoms with Gasteiger partial charge < -0.3 is 13.0 Å². The first-order chi connectivity index (χ1) is 9.66. The number of rotatable bonds is 3. The molecular formula is C13H20IN3O3. The van der Waals surface area contributed by atoms with Gasteiger partial charge in [-0.1, -0.05) is 13.8 Å². The summed E-state index contributed by atoms with van der Waals surface area (Å²) in [6.07, 6.45) is 1.69. The average Bonchev–Trinajstić information content (AvgIpc) is 2.83. The van der Waals surface area contributed by atoms with Crippen molar-refractivity contribution in [2.24, 2.45) is 9.06 Å². The van der Waals surface area contributed by atoms with Gasteiger partial charge in [-0.2, -0.15) is 0 Å². The van der Waals surface area contributed by atoms with Crippen molar-refractivity contribution >= 4 is 27.4 Å². The minimum absolute atomic E-state index is 0.0690. The van der Waals surface area contributed by atoms with E-state index >= 15 is 0 Å². The van der Waals surface area contributed by atoms with Gasteiger partial charge in [-0.15, -0.1) is 0 Å². The second-order valence-corrected chi connectivity index (χ2v) is 7.12. The highest BCUT2D eigenvalue weighted by Gasteiger charge is 2.37. The van der Waals surface area contributed by atoms with Crippen molar-refractivity contribution in [3.05, 3.63) is 11.4 Å². The molecule has 1 saturated heterocycles. The lowest BCUT2D eigenvalue weighted by Gasteiger charge is -2.38. The first-order valence-electron chi connectivity index (χ1n) is 7.05. The number of hydrogen-bond donors (Lipinski definition) is 1. The van der Waals surface area contributed by atoms with E-state index in [9.17, 15) is 4.79 Å². The molecule has 1 amide bonds. The molecule has 0 aromatic carbocycles. The Morgan fingerprint density at radius 2 is 2.45 bits per heavy atom.